The Morgan fingerprint density at radius 2 is 1.70 bits per heavy atom. The molecule has 2 atom stereocenters. The highest BCUT2D eigenvalue weighted by molar-refractivity contribution is 7.47. The molecule has 0 aromatic carbocycles. The molecule has 0 radical (unpaired) electrons. The summed E-state index contributed by atoms with van der Waals surface area (Å²) in [6.07, 6.45) is 2.04. The van der Waals surface area contributed by atoms with Gasteiger partial charge in [0.25, 0.3) is 0 Å². The van der Waals surface area contributed by atoms with Crippen molar-refractivity contribution in [2.24, 2.45) is 0 Å². The molecule has 160 valence electrons. The molecule has 0 aromatic heterocycles. The van der Waals surface area contributed by atoms with Gasteiger partial charge >= 0.3 is 19.8 Å². The number of likely N-dealkylation sites (N-methyl/N-ethyl adjacent to an activating group) is 1. The van der Waals surface area contributed by atoms with Crippen molar-refractivity contribution in [1.29, 1.82) is 0 Å². The molecule has 10 heteroatoms. The first-order valence-electron chi connectivity index (χ1n) is 9.26. The zero-order chi connectivity index (χ0) is 20.9. The summed E-state index contributed by atoms with van der Waals surface area (Å²) in [7, 11) is 1.46. The molecule has 0 amide bonds. The fourth-order valence-corrected chi connectivity index (χ4v) is 2.55. The summed E-state index contributed by atoms with van der Waals surface area (Å²) in [6, 6.07) is 0. The van der Waals surface area contributed by atoms with Crippen LogP contribution < -0.4 is 0 Å². The topological polar surface area (TPSA) is 108 Å². The van der Waals surface area contributed by atoms with Crippen LogP contribution in [-0.2, 0) is 32.7 Å². The molecule has 0 saturated heterocycles. The molecule has 0 bridgehead atoms. The third-order valence-corrected chi connectivity index (χ3v) is 4.43. The second-order valence-corrected chi connectivity index (χ2v) is 8.67. The molecular formula is C17H35NO8P+. The molecule has 1 N–H and O–H groups in total. The largest absolute Gasteiger partial charge is 0.472 e. The molecule has 0 aliphatic rings. The number of carbonyl (C=O) groups is 2. The predicted molar refractivity (Wildman–Crippen MR) is 99.9 cm³/mol. The number of rotatable bonds is 15. The second kappa shape index (κ2) is 13.2. The van der Waals surface area contributed by atoms with E-state index >= 15 is 0 Å². The fraction of sp³-hybridized carbons (Fsp3) is 0.882. The van der Waals surface area contributed by atoms with Crippen molar-refractivity contribution in [2.75, 3.05) is 47.5 Å². The Balaban J connectivity index is 4.47. The smallest absolute Gasteiger partial charge is 0.462 e. The van der Waals surface area contributed by atoms with Gasteiger partial charge in [-0.2, -0.15) is 0 Å². The van der Waals surface area contributed by atoms with Gasteiger partial charge in [0.1, 0.15) is 19.8 Å². The van der Waals surface area contributed by atoms with Crippen molar-refractivity contribution in [1.82, 2.24) is 0 Å². The van der Waals surface area contributed by atoms with Crippen molar-refractivity contribution in [3.05, 3.63) is 0 Å². The molecule has 0 saturated carbocycles. The maximum absolute atomic E-state index is 11.9. The van der Waals surface area contributed by atoms with E-state index in [0.717, 1.165) is 19.3 Å². The number of phosphoric ester groups is 1. The minimum absolute atomic E-state index is 0.0309. The van der Waals surface area contributed by atoms with Gasteiger partial charge in [0.05, 0.1) is 27.7 Å². The zero-order valence-electron chi connectivity index (χ0n) is 17.1. The molecule has 0 aliphatic carbocycles. The van der Waals surface area contributed by atoms with Crippen LogP contribution in [-0.4, -0.2) is 74.9 Å². The zero-order valence-corrected chi connectivity index (χ0v) is 18.0. The van der Waals surface area contributed by atoms with Crippen LogP contribution in [0.3, 0.4) is 0 Å². The van der Waals surface area contributed by atoms with Crippen LogP contribution in [0, 0.1) is 0 Å². The Kier molecular flexibility index (Phi) is 12.7. The van der Waals surface area contributed by atoms with E-state index in [-0.39, 0.29) is 26.1 Å². The van der Waals surface area contributed by atoms with Crippen molar-refractivity contribution < 1.29 is 42.1 Å². The van der Waals surface area contributed by atoms with Gasteiger partial charge in [-0.05, 0) is 6.42 Å². The van der Waals surface area contributed by atoms with Gasteiger partial charge in [-0.3, -0.25) is 18.6 Å². The molecule has 0 rings (SSSR count). The Labute approximate surface area is 162 Å². The molecule has 0 heterocycles. The Hall–Kier alpha value is -0.990. The number of hydrogen-bond donors (Lipinski definition) is 1. The molecule has 27 heavy (non-hydrogen) atoms. The molecule has 1 unspecified atom stereocenters. The SMILES string of the molecule is CCCCCC(=O)OC[C@H](COP(=O)(O)OCC[N+](C)(C)C)OC(=O)CC. The van der Waals surface area contributed by atoms with Crippen LogP contribution in [0.5, 0.6) is 0 Å². The average Bonchev–Trinajstić information content (AvgIpc) is 2.56. The lowest BCUT2D eigenvalue weighted by Gasteiger charge is -2.24. The number of unbranched alkanes of at least 4 members (excludes halogenated alkanes) is 2. The van der Waals surface area contributed by atoms with Crippen LogP contribution in [0.1, 0.15) is 46.0 Å². The standard InChI is InChI=1S/C17H34NO8P/c1-6-8-9-10-17(20)23-13-15(26-16(19)7-2)14-25-27(21,22)24-12-11-18(3,4)5/h15H,6-14H2,1-5H3/p+1/t15-/m1/s1. The average molecular weight is 412 g/mol. The third-order valence-electron chi connectivity index (χ3n) is 3.44. The molecule has 0 aromatic rings. The summed E-state index contributed by atoms with van der Waals surface area (Å²) >= 11 is 0. The minimum Gasteiger partial charge on any atom is -0.462 e. The lowest BCUT2D eigenvalue weighted by molar-refractivity contribution is -0.870. The monoisotopic (exact) mass is 412 g/mol. The Morgan fingerprint density at radius 1 is 1.04 bits per heavy atom. The van der Waals surface area contributed by atoms with Crippen molar-refractivity contribution in [2.45, 2.75) is 52.1 Å². The van der Waals surface area contributed by atoms with Gasteiger partial charge < -0.3 is 18.9 Å². The highest BCUT2D eigenvalue weighted by atomic mass is 31.2. The van der Waals surface area contributed by atoms with Crippen molar-refractivity contribution in [3.8, 4) is 0 Å². The van der Waals surface area contributed by atoms with Crippen LogP contribution in [0.15, 0.2) is 0 Å². The van der Waals surface area contributed by atoms with E-state index < -0.39 is 32.5 Å². The van der Waals surface area contributed by atoms with E-state index in [9.17, 15) is 19.0 Å². The first-order valence-corrected chi connectivity index (χ1v) is 10.8. The highest BCUT2D eigenvalue weighted by Crippen LogP contribution is 2.43. The molecular weight excluding hydrogens is 377 g/mol. The van der Waals surface area contributed by atoms with Crippen molar-refractivity contribution >= 4 is 19.8 Å². The Bertz CT molecular complexity index is 492. The van der Waals surface area contributed by atoms with Crippen LogP contribution in [0.25, 0.3) is 0 Å². The van der Waals surface area contributed by atoms with E-state index in [0.29, 0.717) is 11.0 Å². The van der Waals surface area contributed by atoms with E-state index in [2.05, 4.69) is 0 Å². The van der Waals surface area contributed by atoms with Crippen LogP contribution >= 0.6 is 7.82 Å². The van der Waals surface area contributed by atoms with E-state index in [4.69, 9.17) is 18.5 Å². The number of ether oxygens (including phenoxy) is 2. The predicted octanol–water partition coefficient (Wildman–Crippen LogP) is 2.27. The molecule has 9 nitrogen and oxygen atoms in total. The summed E-state index contributed by atoms with van der Waals surface area (Å²) < 4.78 is 32.5. The lowest BCUT2D eigenvalue weighted by Crippen LogP contribution is -2.37. The Morgan fingerprint density at radius 3 is 2.26 bits per heavy atom. The summed E-state index contributed by atoms with van der Waals surface area (Å²) in [5, 5.41) is 0. The fourth-order valence-electron chi connectivity index (χ4n) is 1.81. The molecule has 0 fully saturated rings. The number of esters is 2. The second-order valence-electron chi connectivity index (χ2n) is 7.22. The molecule has 0 spiro atoms. The maximum atomic E-state index is 11.9. The van der Waals surface area contributed by atoms with E-state index in [1.165, 1.54) is 0 Å². The van der Waals surface area contributed by atoms with Gasteiger partial charge in [0, 0.05) is 12.8 Å². The van der Waals surface area contributed by atoms with E-state index in [1.807, 2.05) is 28.1 Å². The van der Waals surface area contributed by atoms with Crippen LogP contribution in [0.4, 0.5) is 0 Å². The van der Waals surface area contributed by atoms with E-state index in [1.54, 1.807) is 6.92 Å². The first kappa shape index (κ1) is 26.0. The number of hydrogen-bond acceptors (Lipinski definition) is 7. The van der Waals surface area contributed by atoms with Gasteiger partial charge in [-0.15, -0.1) is 0 Å². The quantitative estimate of drug-likeness (QED) is 0.189. The van der Waals surface area contributed by atoms with Crippen LogP contribution in [0.2, 0.25) is 0 Å². The first-order chi connectivity index (χ1) is 12.5. The van der Waals surface area contributed by atoms with Gasteiger partial charge in [0.2, 0.25) is 0 Å². The summed E-state index contributed by atoms with van der Waals surface area (Å²) in [5.74, 6) is -0.934. The summed E-state index contributed by atoms with van der Waals surface area (Å²) in [6.45, 7) is 3.53. The van der Waals surface area contributed by atoms with Crippen molar-refractivity contribution in [3.63, 3.8) is 0 Å². The summed E-state index contributed by atoms with van der Waals surface area (Å²) in [4.78, 5) is 32.9. The lowest BCUT2D eigenvalue weighted by atomic mass is 10.2. The number of phosphoric acid groups is 1. The number of quaternary nitrogens is 1. The third kappa shape index (κ3) is 15.7. The highest BCUT2D eigenvalue weighted by Gasteiger charge is 2.26. The van der Waals surface area contributed by atoms with Gasteiger partial charge in [0.15, 0.2) is 6.10 Å². The maximum Gasteiger partial charge on any atom is 0.472 e. The molecule has 0 aliphatic heterocycles. The number of nitrogens with zero attached hydrogens (tertiary/aromatic N) is 1. The normalized spacial score (nSPS) is 15.0. The van der Waals surface area contributed by atoms with Gasteiger partial charge in [-0.1, -0.05) is 26.7 Å². The van der Waals surface area contributed by atoms with Gasteiger partial charge in [-0.25, -0.2) is 4.57 Å². The summed E-state index contributed by atoms with van der Waals surface area (Å²) in [5.41, 5.74) is 0. The minimum atomic E-state index is -4.30. The number of carbonyl (C=O) groups excluding carboxylic acids is 2.